The van der Waals surface area contributed by atoms with E-state index in [1.54, 1.807) is 6.07 Å². The number of hydrogen-bond acceptors (Lipinski definition) is 3. The van der Waals surface area contributed by atoms with Gasteiger partial charge in [0.05, 0.1) is 12.6 Å². The zero-order chi connectivity index (χ0) is 16.2. The van der Waals surface area contributed by atoms with Crippen molar-refractivity contribution in [3.05, 3.63) is 59.7 Å². The summed E-state index contributed by atoms with van der Waals surface area (Å²) >= 11 is 0. The first-order chi connectivity index (χ1) is 11.1. The molecule has 6 heteroatoms. The SMILES string of the molecule is O=C(NC1CCOc2ccccc21)c1cccc(OC(F)F)c1. The molecule has 0 saturated carbocycles. The van der Waals surface area contributed by atoms with E-state index in [0.29, 0.717) is 13.0 Å². The molecule has 3 rings (SSSR count). The summed E-state index contributed by atoms with van der Waals surface area (Å²) < 4.78 is 34.4. The third-order valence-electron chi connectivity index (χ3n) is 3.59. The lowest BCUT2D eigenvalue weighted by molar-refractivity contribution is -0.0498. The van der Waals surface area contributed by atoms with E-state index >= 15 is 0 Å². The van der Waals surface area contributed by atoms with Gasteiger partial charge in [0.25, 0.3) is 5.91 Å². The summed E-state index contributed by atoms with van der Waals surface area (Å²) in [6.45, 7) is -2.41. The first-order valence-corrected chi connectivity index (χ1v) is 7.21. The summed E-state index contributed by atoms with van der Waals surface area (Å²) in [4.78, 5) is 12.4. The number of carbonyl (C=O) groups is 1. The Balaban J connectivity index is 1.75. The van der Waals surface area contributed by atoms with Crippen molar-refractivity contribution < 1.29 is 23.0 Å². The summed E-state index contributed by atoms with van der Waals surface area (Å²) in [5.41, 5.74) is 1.18. The van der Waals surface area contributed by atoms with Crippen LogP contribution in [0.5, 0.6) is 11.5 Å². The number of alkyl halides is 2. The number of amides is 1. The van der Waals surface area contributed by atoms with E-state index in [2.05, 4.69) is 10.1 Å². The summed E-state index contributed by atoms with van der Waals surface area (Å²) in [5, 5.41) is 2.91. The average Bonchev–Trinajstić information content (AvgIpc) is 2.55. The summed E-state index contributed by atoms with van der Waals surface area (Å²) in [6.07, 6.45) is 0.649. The zero-order valence-corrected chi connectivity index (χ0v) is 12.2. The second kappa shape index (κ2) is 6.64. The van der Waals surface area contributed by atoms with Crippen molar-refractivity contribution >= 4 is 5.91 Å². The van der Waals surface area contributed by atoms with Crippen LogP contribution in [0.2, 0.25) is 0 Å². The molecule has 2 aromatic carbocycles. The van der Waals surface area contributed by atoms with Crippen LogP contribution in [0.1, 0.15) is 28.4 Å². The van der Waals surface area contributed by atoms with Gasteiger partial charge in [0.2, 0.25) is 0 Å². The number of benzene rings is 2. The molecule has 0 spiro atoms. The van der Waals surface area contributed by atoms with Crippen LogP contribution in [-0.4, -0.2) is 19.1 Å². The molecule has 4 nitrogen and oxygen atoms in total. The zero-order valence-electron chi connectivity index (χ0n) is 12.2. The second-order valence-corrected chi connectivity index (χ2v) is 5.11. The lowest BCUT2D eigenvalue weighted by atomic mass is 10.00. The predicted octanol–water partition coefficient (Wildman–Crippen LogP) is 3.54. The summed E-state index contributed by atoms with van der Waals surface area (Å²) in [5.74, 6) is 0.366. The molecule has 2 aromatic rings. The van der Waals surface area contributed by atoms with E-state index in [-0.39, 0.29) is 23.3 Å². The average molecular weight is 319 g/mol. The van der Waals surface area contributed by atoms with Crippen molar-refractivity contribution in [2.75, 3.05) is 6.61 Å². The molecule has 1 heterocycles. The molecule has 0 bridgehead atoms. The molecule has 1 atom stereocenters. The fourth-order valence-corrected chi connectivity index (χ4v) is 2.55. The fraction of sp³-hybridized carbons (Fsp3) is 0.235. The van der Waals surface area contributed by atoms with E-state index in [1.165, 1.54) is 18.2 Å². The smallest absolute Gasteiger partial charge is 0.387 e. The third-order valence-corrected chi connectivity index (χ3v) is 3.59. The normalized spacial score (nSPS) is 16.4. The Labute approximate surface area is 132 Å². The molecule has 0 radical (unpaired) electrons. The maximum Gasteiger partial charge on any atom is 0.387 e. The van der Waals surface area contributed by atoms with Gasteiger partial charge in [-0.2, -0.15) is 8.78 Å². The number of fused-ring (bicyclic) bond motifs is 1. The summed E-state index contributed by atoms with van der Waals surface area (Å²) in [7, 11) is 0. The maximum absolute atomic E-state index is 12.4. The highest BCUT2D eigenvalue weighted by Crippen LogP contribution is 2.31. The van der Waals surface area contributed by atoms with Gasteiger partial charge in [-0.15, -0.1) is 0 Å². The van der Waals surface area contributed by atoms with Gasteiger partial charge < -0.3 is 14.8 Å². The van der Waals surface area contributed by atoms with Crippen LogP contribution < -0.4 is 14.8 Å². The van der Waals surface area contributed by atoms with Crippen molar-refractivity contribution in [3.8, 4) is 11.5 Å². The Morgan fingerprint density at radius 1 is 1.22 bits per heavy atom. The lowest BCUT2D eigenvalue weighted by Crippen LogP contribution is -2.32. The van der Waals surface area contributed by atoms with E-state index in [0.717, 1.165) is 11.3 Å². The largest absolute Gasteiger partial charge is 0.493 e. The van der Waals surface area contributed by atoms with Crippen molar-refractivity contribution in [1.82, 2.24) is 5.32 Å². The van der Waals surface area contributed by atoms with Crippen LogP contribution in [-0.2, 0) is 0 Å². The van der Waals surface area contributed by atoms with Gasteiger partial charge in [-0.1, -0.05) is 24.3 Å². The van der Waals surface area contributed by atoms with E-state index in [4.69, 9.17) is 4.74 Å². The molecule has 1 N–H and O–H groups in total. The van der Waals surface area contributed by atoms with Gasteiger partial charge in [0.15, 0.2) is 0 Å². The molecule has 120 valence electrons. The molecular weight excluding hydrogens is 304 g/mol. The van der Waals surface area contributed by atoms with Gasteiger partial charge in [-0.3, -0.25) is 4.79 Å². The Kier molecular flexibility index (Phi) is 4.41. The molecule has 1 amide bonds. The highest BCUT2D eigenvalue weighted by Gasteiger charge is 2.23. The van der Waals surface area contributed by atoms with Gasteiger partial charge >= 0.3 is 6.61 Å². The molecule has 23 heavy (non-hydrogen) atoms. The number of rotatable bonds is 4. The van der Waals surface area contributed by atoms with Crippen LogP contribution in [0.4, 0.5) is 8.78 Å². The Bertz CT molecular complexity index is 706. The molecule has 1 aliphatic rings. The first kappa shape index (κ1) is 15.3. The standard InChI is InChI=1S/C17H15F2NO3/c18-17(19)23-12-5-3-4-11(10-12)16(21)20-14-8-9-22-15-7-2-1-6-13(14)15/h1-7,10,14,17H,8-9H2,(H,20,21). The van der Waals surface area contributed by atoms with E-state index in [9.17, 15) is 13.6 Å². The predicted molar refractivity (Wildman–Crippen MR) is 79.8 cm³/mol. The first-order valence-electron chi connectivity index (χ1n) is 7.21. The lowest BCUT2D eigenvalue weighted by Gasteiger charge is -2.26. The number of halogens is 2. The molecule has 1 unspecified atom stereocenters. The molecule has 0 aromatic heterocycles. The van der Waals surface area contributed by atoms with Crippen molar-refractivity contribution in [2.45, 2.75) is 19.1 Å². The second-order valence-electron chi connectivity index (χ2n) is 5.11. The number of carbonyl (C=O) groups excluding carboxylic acids is 1. The van der Waals surface area contributed by atoms with Crippen LogP contribution in [0, 0.1) is 0 Å². The molecule has 0 aliphatic carbocycles. The Morgan fingerprint density at radius 3 is 2.87 bits per heavy atom. The van der Waals surface area contributed by atoms with E-state index < -0.39 is 6.61 Å². The number of hydrogen-bond donors (Lipinski definition) is 1. The third kappa shape index (κ3) is 3.59. The number of ether oxygens (including phenoxy) is 2. The van der Waals surface area contributed by atoms with E-state index in [1.807, 2.05) is 24.3 Å². The van der Waals surface area contributed by atoms with Crippen molar-refractivity contribution in [1.29, 1.82) is 0 Å². The minimum absolute atomic E-state index is 0.0416. The number of nitrogens with one attached hydrogen (secondary N) is 1. The fourth-order valence-electron chi connectivity index (χ4n) is 2.55. The van der Waals surface area contributed by atoms with Crippen LogP contribution in [0.15, 0.2) is 48.5 Å². The van der Waals surface area contributed by atoms with Gasteiger partial charge in [-0.25, -0.2) is 0 Å². The minimum Gasteiger partial charge on any atom is -0.493 e. The van der Waals surface area contributed by atoms with Crippen molar-refractivity contribution in [2.24, 2.45) is 0 Å². The Hall–Kier alpha value is -2.63. The quantitative estimate of drug-likeness (QED) is 0.937. The molecule has 0 saturated heterocycles. The number of para-hydroxylation sites is 1. The van der Waals surface area contributed by atoms with Crippen LogP contribution in [0.3, 0.4) is 0 Å². The minimum atomic E-state index is -2.92. The Morgan fingerprint density at radius 2 is 2.04 bits per heavy atom. The maximum atomic E-state index is 12.4. The van der Waals surface area contributed by atoms with Gasteiger partial charge in [0, 0.05) is 17.5 Å². The topological polar surface area (TPSA) is 47.6 Å². The molecule has 1 aliphatic heterocycles. The van der Waals surface area contributed by atoms with Crippen molar-refractivity contribution in [3.63, 3.8) is 0 Å². The monoisotopic (exact) mass is 319 g/mol. The highest BCUT2D eigenvalue weighted by molar-refractivity contribution is 5.94. The van der Waals surface area contributed by atoms with Crippen LogP contribution in [0.25, 0.3) is 0 Å². The van der Waals surface area contributed by atoms with Gasteiger partial charge in [-0.05, 0) is 24.3 Å². The molecule has 0 fully saturated rings. The molecular formula is C17H15F2NO3. The van der Waals surface area contributed by atoms with Crippen LogP contribution >= 0.6 is 0 Å². The summed E-state index contributed by atoms with van der Waals surface area (Å²) in [6, 6.07) is 13.1. The highest BCUT2D eigenvalue weighted by atomic mass is 19.3. The van der Waals surface area contributed by atoms with Gasteiger partial charge in [0.1, 0.15) is 11.5 Å².